The Labute approximate surface area is 128 Å². The zero-order chi connectivity index (χ0) is 15.5. The van der Waals surface area contributed by atoms with E-state index in [1.165, 1.54) is 0 Å². The molecular formula is C15H19N5O2. The van der Waals surface area contributed by atoms with Crippen molar-refractivity contribution < 1.29 is 9.21 Å². The van der Waals surface area contributed by atoms with E-state index in [-0.39, 0.29) is 18.0 Å². The van der Waals surface area contributed by atoms with Gasteiger partial charge in [0.1, 0.15) is 17.6 Å². The van der Waals surface area contributed by atoms with Crippen molar-refractivity contribution in [2.75, 3.05) is 0 Å². The molecule has 1 aliphatic heterocycles. The minimum atomic E-state index is -0.297. The van der Waals surface area contributed by atoms with Crippen LogP contribution < -0.4 is 16.2 Å². The lowest BCUT2D eigenvalue weighted by atomic mass is 10.1. The number of furan rings is 1. The van der Waals surface area contributed by atoms with Gasteiger partial charge in [-0.15, -0.1) is 0 Å². The number of nitrogens with zero attached hydrogens (tertiary/aromatic N) is 2. The molecule has 1 fully saturated rings. The molecule has 0 aliphatic carbocycles. The molecule has 0 saturated carbocycles. The number of hydrazine groups is 1. The summed E-state index contributed by atoms with van der Waals surface area (Å²) in [7, 11) is 0. The quantitative estimate of drug-likeness (QED) is 0.777. The summed E-state index contributed by atoms with van der Waals surface area (Å²) in [4.78, 5) is 20.5. The average molecular weight is 301 g/mol. The van der Waals surface area contributed by atoms with E-state index in [1.54, 1.807) is 12.4 Å². The highest BCUT2D eigenvalue weighted by Gasteiger charge is 2.31. The molecule has 22 heavy (non-hydrogen) atoms. The molecule has 1 saturated heterocycles. The van der Waals surface area contributed by atoms with Gasteiger partial charge in [0.15, 0.2) is 0 Å². The number of hydrogen-bond acceptors (Lipinski definition) is 6. The maximum Gasteiger partial charge on any atom is 0.238 e. The van der Waals surface area contributed by atoms with E-state index in [0.717, 1.165) is 22.9 Å². The van der Waals surface area contributed by atoms with Crippen molar-refractivity contribution in [2.45, 2.75) is 38.9 Å². The van der Waals surface area contributed by atoms with Gasteiger partial charge in [0.25, 0.3) is 0 Å². The second-order valence-corrected chi connectivity index (χ2v) is 5.44. The number of rotatable bonds is 4. The van der Waals surface area contributed by atoms with Crippen molar-refractivity contribution in [3.05, 3.63) is 47.4 Å². The Balaban J connectivity index is 1.52. The van der Waals surface area contributed by atoms with Crippen LogP contribution in [-0.4, -0.2) is 21.9 Å². The fraction of sp³-hybridized carbons (Fsp3) is 0.400. The van der Waals surface area contributed by atoms with Gasteiger partial charge in [-0.25, -0.2) is 10.9 Å². The van der Waals surface area contributed by atoms with E-state index in [0.29, 0.717) is 13.0 Å². The molecule has 3 N–H and O–H groups in total. The smallest absolute Gasteiger partial charge is 0.238 e. The molecule has 0 spiro atoms. The second kappa shape index (κ2) is 6.25. The number of aryl methyl sites for hydroxylation is 2. The Morgan fingerprint density at radius 1 is 1.32 bits per heavy atom. The molecule has 3 rings (SSSR count). The van der Waals surface area contributed by atoms with Gasteiger partial charge in [-0.2, -0.15) is 0 Å². The van der Waals surface area contributed by atoms with Gasteiger partial charge in [-0.05, 0) is 32.4 Å². The summed E-state index contributed by atoms with van der Waals surface area (Å²) in [6.07, 6.45) is 3.99. The minimum absolute atomic E-state index is 0.00335. The van der Waals surface area contributed by atoms with E-state index in [1.807, 2.05) is 26.0 Å². The minimum Gasteiger partial charge on any atom is -0.465 e. The number of amides is 1. The SMILES string of the molecule is Cc1cnc(CNC(=O)C2CC(c3ccc(C)o3)NN2)cn1. The lowest BCUT2D eigenvalue weighted by Gasteiger charge is -2.10. The van der Waals surface area contributed by atoms with Crippen molar-refractivity contribution >= 4 is 5.91 Å². The van der Waals surface area contributed by atoms with Crippen LogP contribution in [0.25, 0.3) is 0 Å². The highest BCUT2D eigenvalue weighted by Crippen LogP contribution is 2.23. The third-order valence-corrected chi connectivity index (χ3v) is 3.60. The van der Waals surface area contributed by atoms with Gasteiger partial charge in [0.05, 0.1) is 30.2 Å². The first-order valence-electron chi connectivity index (χ1n) is 7.24. The zero-order valence-corrected chi connectivity index (χ0v) is 12.6. The van der Waals surface area contributed by atoms with E-state index in [9.17, 15) is 4.79 Å². The van der Waals surface area contributed by atoms with E-state index >= 15 is 0 Å². The Hall–Kier alpha value is -2.25. The van der Waals surface area contributed by atoms with Crippen molar-refractivity contribution in [2.24, 2.45) is 0 Å². The van der Waals surface area contributed by atoms with Crippen molar-refractivity contribution in [1.29, 1.82) is 0 Å². The van der Waals surface area contributed by atoms with Gasteiger partial charge in [0.2, 0.25) is 5.91 Å². The van der Waals surface area contributed by atoms with Crippen molar-refractivity contribution in [3.63, 3.8) is 0 Å². The first-order valence-corrected chi connectivity index (χ1v) is 7.24. The molecule has 0 aromatic carbocycles. The van der Waals surface area contributed by atoms with Crippen molar-refractivity contribution in [1.82, 2.24) is 26.1 Å². The maximum absolute atomic E-state index is 12.2. The predicted molar refractivity (Wildman–Crippen MR) is 79.5 cm³/mol. The summed E-state index contributed by atoms with van der Waals surface area (Å²) in [5.74, 6) is 1.63. The molecule has 1 aliphatic rings. The summed E-state index contributed by atoms with van der Waals surface area (Å²) in [6, 6.07) is 3.55. The molecular weight excluding hydrogens is 282 g/mol. The summed E-state index contributed by atoms with van der Waals surface area (Å²) >= 11 is 0. The zero-order valence-electron chi connectivity index (χ0n) is 12.6. The second-order valence-electron chi connectivity index (χ2n) is 5.44. The van der Waals surface area contributed by atoms with Gasteiger partial charge in [-0.1, -0.05) is 0 Å². The van der Waals surface area contributed by atoms with Crippen LogP contribution in [0, 0.1) is 13.8 Å². The molecule has 2 unspecified atom stereocenters. The number of aromatic nitrogens is 2. The summed E-state index contributed by atoms with van der Waals surface area (Å²) < 4.78 is 5.58. The van der Waals surface area contributed by atoms with Gasteiger partial charge in [-0.3, -0.25) is 14.8 Å². The van der Waals surface area contributed by atoms with Crippen LogP contribution in [0.5, 0.6) is 0 Å². The van der Waals surface area contributed by atoms with Crippen LogP contribution in [0.1, 0.15) is 35.4 Å². The lowest BCUT2D eigenvalue weighted by Crippen LogP contribution is -2.43. The Bertz CT molecular complexity index is 652. The van der Waals surface area contributed by atoms with E-state index in [2.05, 4.69) is 26.1 Å². The number of carbonyl (C=O) groups is 1. The third kappa shape index (κ3) is 3.32. The first kappa shape index (κ1) is 14.7. The first-order chi connectivity index (χ1) is 10.6. The number of hydrogen-bond donors (Lipinski definition) is 3. The number of nitrogens with one attached hydrogen (secondary N) is 3. The van der Waals surface area contributed by atoms with Crippen LogP contribution in [0.3, 0.4) is 0 Å². The molecule has 2 aromatic heterocycles. The van der Waals surface area contributed by atoms with Gasteiger partial charge < -0.3 is 9.73 Å². The van der Waals surface area contributed by atoms with Crippen LogP contribution in [-0.2, 0) is 11.3 Å². The summed E-state index contributed by atoms with van der Waals surface area (Å²) in [5, 5.41) is 2.86. The molecule has 1 amide bonds. The maximum atomic E-state index is 12.2. The number of carbonyl (C=O) groups excluding carboxylic acids is 1. The lowest BCUT2D eigenvalue weighted by molar-refractivity contribution is -0.123. The van der Waals surface area contributed by atoms with Crippen molar-refractivity contribution in [3.8, 4) is 0 Å². The predicted octanol–water partition coefficient (Wildman–Crippen LogP) is 0.910. The van der Waals surface area contributed by atoms with Gasteiger partial charge in [0, 0.05) is 6.20 Å². The fourth-order valence-electron chi connectivity index (χ4n) is 2.37. The molecule has 2 atom stereocenters. The molecule has 7 nitrogen and oxygen atoms in total. The van der Waals surface area contributed by atoms with Crippen LogP contribution >= 0.6 is 0 Å². The highest BCUT2D eigenvalue weighted by molar-refractivity contribution is 5.82. The van der Waals surface area contributed by atoms with Crippen LogP contribution in [0.2, 0.25) is 0 Å². The molecule has 7 heteroatoms. The molecule has 2 aromatic rings. The van der Waals surface area contributed by atoms with Gasteiger partial charge >= 0.3 is 0 Å². The average Bonchev–Trinajstić information content (AvgIpc) is 3.15. The highest BCUT2D eigenvalue weighted by atomic mass is 16.3. The van der Waals surface area contributed by atoms with Crippen LogP contribution in [0.4, 0.5) is 0 Å². The standard InChI is InChI=1S/C15H19N5O2/c1-9-6-17-11(7-16-9)8-18-15(21)13-5-12(19-20-13)14-4-3-10(2)22-14/h3-4,6-7,12-13,19-20H,5,8H2,1-2H3,(H,18,21). The Morgan fingerprint density at radius 3 is 2.86 bits per heavy atom. The third-order valence-electron chi connectivity index (χ3n) is 3.60. The normalized spacial score (nSPS) is 21.0. The van der Waals surface area contributed by atoms with Crippen LogP contribution in [0.15, 0.2) is 28.9 Å². The Morgan fingerprint density at radius 2 is 2.18 bits per heavy atom. The molecule has 3 heterocycles. The van der Waals surface area contributed by atoms with E-state index < -0.39 is 0 Å². The molecule has 0 radical (unpaired) electrons. The largest absolute Gasteiger partial charge is 0.465 e. The molecule has 116 valence electrons. The summed E-state index contributed by atoms with van der Waals surface area (Å²) in [6.45, 7) is 4.15. The monoisotopic (exact) mass is 301 g/mol. The topological polar surface area (TPSA) is 92.1 Å². The molecule has 0 bridgehead atoms. The van der Waals surface area contributed by atoms with E-state index in [4.69, 9.17) is 4.42 Å². The fourth-order valence-corrected chi connectivity index (χ4v) is 2.37. The Kier molecular flexibility index (Phi) is 4.17. The summed E-state index contributed by atoms with van der Waals surface area (Å²) in [5.41, 5.74) is 7.69.